The largest absolute Gasteiger partial charge is 0.466 e. The molecule has 2 unspecified atom stereocenters. The maximum absolute atomic E-state index is 5.71. The Hall–Kier alpha value is -0.800. The van der Waals surface area contributed by atoms with Gasteiger partial charge in [-0.25, -0.2) is 0 Å². The van der Waals surface area contributed by atoms with Crippen LogP contribution in [0.1, 0.15) is 68.6 Å². The van der Waals surface area contributed by atoms with Crippen LogP contribution in [0.3, 0.4) is 0 Å². The predicted molar refractivity (Wildman–Crippen MR) is 82.0 cm³/mol. The van der Waals surface area contributed by atoms with Crippen molar-refractivity contribution in [2.75, 3.05) is 13.2 Å². The summed E-state index contributed by atoms with van der Waals surface area (Å²) in [6.07, 6.45) is 7.74. The molecule has 3 nitrogen and oxygen atoms in total. The van der Waals surface area contributed by atoms with Crippen LogP contribution in [0, 0.1) is 13.8 Å². The summed E-state index contributed by atoms with van der Waals surface area (Å²) in [4.78, 5) is 0. The molecule has 1 N–H and O–H groups in total. The van der Waals surface area contributed by atoms with Gasteiger partial charge in [0.05, 0.1) is 6.10 Å². The third-order valence-electron chi connectivity index (χ3n) is 4.14. The van der Waals surface area contributed by atoms with Crippen LogP contribution >= 0.6 is 0 Å². The molecule has 2 heterocycles. The maximum Gasteiger partial charge on any atom is 0.105 e. The molecule has 2 atom stereocenters. The van der Waals surface area contributed by atoms with E-state index in [2.05, 4.69) is 25.2 Å². The fourth-order valence-corrected chi connectivity index (χ4v) is 3.10. The summed E-state index contributed by atoms with van der Waals surface area (Å²) >= 11 is 0. The highest BCUT2D eigenvalue weighted by Gasteiger charge is 2.19. The van der Waals surface area contributed by atoms with Crippen molar-refractivity contribution in [2.24, 2.45) is 0 Å². The molecule has 0 bridgehead atoms. The second-order valence-electron chi connectivity index (χ2n) is 5.94. The molecule has 2 rings (SSSR count). The van der Waals surface area contributed by atoms with Gasteiger partial charge in [-0.3, -0.25) is 0 Å². The van der Waals surface area contributed by atoms with E-state index in [0.717, 1.165) is 31.1 Å². The minimum atomic E-state index is 0.425. The number of rotatable bonds is 8. The van der Waals surface area contributed by atoms with E-state index >= 15 is 0 Å². The Morgan fingerprint density at radius 2 is 2.25 bits per heavy atom. The maximum atomic E-state index is 5.71. The van der Waals surface area contributed by atoms with Crippen LogP contribution in [0.4, 0.5) is 0 Å². The first-order valence-corrected chi connectivity index (χ1v) is 8.12. The van der Waals surface area contributed by atoms with Crippen LogP contribution in [0.2, 0.25) is 0 Å². The first-order chi connectivity index (χ1) is 9.70. The smallest absolute Gasteiger partial charge is 0.105 e. The Kier molecular flexibility index (Phi) is 6.11. The van der Waals surface area contributed by atoms with E-state index in [4.69, 9.17) is 9.15 Å². The van der Waals surface area contributed by atoms with Gasteiger partial charge in [0, 0.05) is 18.2 Å². The quantitative estimate of drug-likeness (QED) is 0.771. The van der Waals surface area contributed by atoms with Gasteiger partial charge in [-0.2, -0.15) is 0 Å². The van der Waals surface area contributed by atoms with Crippen molar-refractivity contribution in [2.45, 2.75) is 71.4 Å². The van der Waals surface area contributed by atoms with E-state index < -0.39 is 0 Å². The van der Waals surface area contributed by atoms with Gasteiger partial charge in [-0.15, -0.1) is 0 Å². The van der Waals surface area contributed by atoms with Crippen molar-refractivity contribution in [3.8, 4) is 0 Å². The Morgan fingerprint density at radius 3 is 2.85 bits per heavy atom. The van der Waals surface area contributed by atoms with E-state index in [-0.39, 0.29) is 0 Å². The Labute approximate surface area is 123 Å². The lowest BCUT2D eigenvalue weighted by Gasteiger charge is -2.19. The third-order valence-corrected chi connectivity index (χ3v) is 4.14. The summed E-state index contributed by atoms with van der Waals surface area (Å²) < 4.78 is 11.4. The fraction of sp³-hybridized carbons (Fsp3) is 0.765. The molecular weight excluding hydrogens is 250 g/mol. The van der Waals surface area contributed by atoms with E-state index in [9.17, 15) is 0 Å². The number of aryl methyl sites for hydroxylation is 2. The molecule has 20 heavy (non-hydrogen) atoms. The summed E-state index contributed by atoms with van der Waals surface area (Å²) in [5.41, 5.74) is 1.34. The second-order valence-corrected chi connectivity index (χ2v) is 5.94. The monoisotopic (exact) mass is 279 g/mol. The highest BCUT2D eigenvalue weighted by atomic mass is 16.5. The molecular formula is C17H29NO2. The summed E-state index contributed by atoms with van der Waals surface area (Å²) in [7, 11) is 0. The molecule has 1 aromatic heterocycles. The minimum Gasteiger partial charge on any atom is -0.466 e. The van der Waals surface area contributed by atoms with Crippen LogP contribution in [-0.2, 0) is 4.74 Å². The molecule has 3 heteroatoms. The topological polar surface area (TPSA) is 34.4 Å². The SMILES string of the molecule is CCCNC(CCCC1CCCO1)c1cc(C)oc1C. The molecule has 0 radical (unpaired) electrons. The zero-order valence-corrected chi connectivity index (χ0v) is 13.2. The minimum absolute atomic E-state index is 0.425. The van der Waals surface area contributed by atoms with Gasteiger partial charge in [0.15, 0.2) is 0 Å². The van der Waals surface area contributed by atoms with Gasteiger partial charge in [-0.05, 0) is 65.0 Å². The van der Waals surface area contributed by atoms with Gasteiger partial charge in [0.25, 0.3) is 0 Å². The van der Waals surface area contributed by atoms with Crippen LogP contribution < -0.4 is 5.32 Å². The molecule has 0 saturated carbocycles. The van der Waals surface area contributed by atoms with E-state index in [1.807, 2.05) is 6.92 Å². The van der Waals surface area contributed by atoms with Gasteiger partial charge in [0.2, 0.25) is 0 Å². The van der Waals surface area contributed by atoms with E-state index in [0.29, 0.717) is 12.1 Å². The van der Waals surface area contributed by atoms with Crippen LogP contribution in [0.25, 0.3) is 0 Å². The molecule has 0 amide bonds. The Bertz CT molecular complexity index is 394. The van der Waals surface area contributed by atoms with E-state index in [1.165, 1.54) is 37.7 Å². The van der Waals surface area contributed by atoms with Crippen LogP contribution in [0.5, 0.6) is 0 Å². The lowest BCUT2D eigenvalue weighted by atomic mass is 9.99. The van der Waals surface area contributed by atoms with Crippen LogP contribution in [0.15, 0.2) is 10.5 Å². The third kappa shape index (κ3) is 4.35. The Morgan fingerprint density at radius 1 is 1.40 bits per heavy atom. The summed E-state index contributed by atoms with van der Waals surface area (Å²) in [5, 5.41) is 3.66. The second kappa shape index (κ2) is 7.84. The van der Waals surface area contributed by atoms with Gasteiger partial charge in [0.1, 0.15) is 11.5 Å². The average molecular weight is 279 g/mol. The molecule has 114 valence electrons. The number of nitrogens with one attached hydrogen (secondary N) is 1. The van der Waals surface area contributed by atoms with Crippen molar-refractivity contribution in [3.05, 3.63) is 23.2 Å². The number of ether oxygens (including phenoxy) is 1. The van der Waals surface area contributed by atoms with Crippen LogP contribution in [-0.4, -0.2) is 19.3 Å². The number of hydrogen-bond acceptors (Lipinski definition) is 3. The lowest BCUT2D eigenvalue weighted by molar-refractivity contribution is 0.101. The average Bonchev–Trinajstić information content (AvgIpc) is 3.03. The zero-order chi connectivity index (χ0) is 14.4. The van der Waals surface area contributed by atoms with Crippen molar-refractivity contribution < 1.29 is 9.15 Å². The molecule has 1 aromatic rings. The number of hydrogen-bond donors (Lipinski definition) is 1. The zero-order valence-electron chi connectivity index (χ0n) is 13.2. The van der Waals surface area contributed by atoms with Crippen molar-refractivity contribution in [1.82, 2.24) is 5.32 Å². The summed E-state index contributed by atoms with van der Waals surface area (Å²) in [6.45, 7) is 8.34. The molecule has 0 aromatic carbocycles. The molecule has 0 aliphatic carbocycles. The van der Waals surface area contributed by atoms with Gasteiger partial charge >= 0.3 is 0 Å². The normalized spacial score (nSPS) is 20.4. The number of furan rings is 1. The Balaban J connectivity index is 1.87. The summed E-state index contributed by atoms with van der Waals surface area (Å²) in [6, 6.07) is 2.61. The van der Waals surface area contributed by atoms with Gasteiger partial charge < -0.3 is 14.5 Å². The fourth-order valence-electron chi connectivity index (χ4n) is 3.10. The standard InChI is InChI=1S/C17H29NO2/c1-4-10-18-17(16-12-13(2)20-14(16)3)9-5-7-15-8-6-11-19-15/h12,15,17-18H,4-11H2,1-3H3. The van der Waals surface area contributed by atoms with Crippen molar-refractivity contribution in [3.63, 3.8) is 0 Å². The lowest BCUT2D eigenvalue weighted by Crippen LogP contribution is -2.22. The molecule has 1 aliphatic rings. The predicted octanol–water partition coefficient (Wildman–Crippen LogP) is 4.29. The first kappa shape index (κ1) is 15.6. The summed E-state index contributed by atoms with van der Waals surface area (Å²) in [5.74, 6) is 2.08. The molecule has 1 fully saturated rings. The van der Waals surface area contributed by atoms with Gasteiger partial charge in [-0.1, -0.05) is 6.92 Å². The highest BCUT2D eigenvalue weighted by molar-refractivity contribution is 5.24. The molecule has 1 aliphatic heterocycles. The first-order valence-electron chi connectivity index (χ1n) is 8.12. The van der Waals surface area contributed by atoms with Crippen molar-refractivity contribution >= 4 is 0 Å². The highest BCUT2D eigenvalue weighted by Crippen LogP contribution is 2.27. The van der Waals surface area contributed by atoms with E-state index in [1.54, 1.807) is 0 Å². The molecule has 1 saturated heterocycles. The van der Waals surface area contributed by atoms with Crippen molar-refractivity contribution in [1.29, 1.82) is 0 Å². The molecule has 0 spiro atoms.